The van der Waals surface area contributed by atoms with Crippen molar-refractivity contribution in [3.8, 4) is 12.3 Å². The van der Waals surface area contributed by atoms with Crippen LogP contribution in [0.3, 0.4) is 0 Å². The summed E-state index contributed by atoms with van der Waals surface area (Å²) in [5, 5.41) is 0. The summed E-state index contributed by atoms with van der Waals surface area (Å²) in [7, 11) is 1.73. The maximum atomic E-state index is 11.1. The van der Waals surface area contributed by atoms with Gasteiger partial charge in [0.1, 0.15) is 0 Å². The van der Waals surface area contributed by atoms with Crippen LogP contribution in [0.15, 0.2) is 0 Å². The van der Waals surface area contributed by atoms with Gasteiger partial charge in [-0.25, -0.2) is 0 Å². The van der Waals surface area contributed by atoms with Crippen LogP contribution in [0, 0.1) is 12.3 Å². The second-order valence-corrected chi connectivity index (χ2v) is 2.56. The lowest BCUT2D eigenvalue weighted by Crippen LogP contribution is -2.26. The molecule has 0 heterocycles. The van der Waals surface area contributed by atoms with Crippen molar-refractivity contribution in [3.05, 3.63) is 0 Å². The number of nitrogens with zero attached hydrogens (tertiary/aromatic N) is 1. The lowest BCUT2D eigenvalue weighted by molar-refractivity contribution is -0.129. The second kappa shape index (κ2) is 5.79. The molecule has 0 spiro atoms. The largest absolute Gasteiger partial charge is 0.335 e. The first-order chi connectivity index (χ1) is 5.22. The fourth-order valence-corrected chi connectivity index (χ4v) is 0.744. The van der Waals surface area contributed by atoms with Crippen LogP contribution in [0.2, 0.25) is 0 Å². The molecule has 0 atom stereocenters. The molecule has 0 aromatic carbocycles. The molecule has 1 amide bonds. The van der Waals surface area contributed by atoms with Crippen LogP contribution in [-0.2, 0) is 4.79 Å². The van der Waals surface area contributed by atoms with Crippen molar-refractivity contribution < 1.29 is 4.79 Å². The van der Waals surface area contributed by atoms with Gasteiger partial charge in [0, 0.05) is 13.5 Å². The summed E-state index contributed by atoms with van der Waals surface area (Å²) in [6.07, 6.45) is 7.68. The highest BCUT2D eigenvalue weighted by Gasteiger charge is 2.04. The van der Waals surface area contributed by atoms with Gasteiger partial charge in [0.15, 0.2) is 0 Å². The third kappa shape index (κ3) is 4.44. The van der Waals surface area contributed by atoms with Crippen molar-refractivity contribution >= 4 is 5.91 Å². The van der Waals surface area contributed by atoms with Crippen LogP contribution < -0.4 is 0 Å². The van der Waals surface area contributed by atoms with Gasteiger partial charge in [-0.15, -0.1) is 6.42 Å². The molecule has 0 unspecified atom stereocenters. The van der Waals surface area contributed by atoms with E-state index in [1.165, 1.54) is 0 Å². The molecule has 0 N–H and O–H groups in total. The standard InChI is InChI=1S/C9H15NO/c1-4-6-7-9(11)10(3)8-5-2/h2H,4,6-8H2,1,3H3. The van der Waals surface area contributed by atoms with Crippen LogP contribution in [-0.4, -0.2) is 24.4 Å². The first-order valence-corrected chi connectivity index (χ1v) is 3.89. The Morgan fingerprint density at radius 2 is 2.27 bits per heavy atom. The van der Waals surface area contributed by atoms with Gasteiger partial charge in [-0.3, -0.25) is 4.79 Å². The van der Waals surface area contributed by atoms with Crippen molar-refractivity contribution in [1.29, 1.82) is 0 Å². The van der Waals surface area contributed by atoms with Crippen molar-refractivity contribution in [2.45, 2.75) is 26.2 Å². The molecule has 0 aliphatic heterocycles. The van der Waals surface area contributed by atoms with E-state index in [-0.39, 0.29) is 5.91 Å². The van der Waals surface area contributed by atoms with Crippen LogP contribution in [0.5, 0.6) is 0 Å². The Morgan fingerprint density at radius 1 is 1.64 bits per heavy atom. The van der Waals surface area contributed by atoms with E-state index in [2.05, 4.69) is 12.8 Å². The molecule has 0 aromatic heterocycles. The summed E-state index contributed by atoms with van der Waals surface area (Å²) >= 11 is 0. The Bertz CT molecular complexity index is 157. The van der Waals surface area contributed by atoms with Gasteiger partial charge >= 0.3 is 0 Å². The smallest absolute Gasteiger partial charge is 0.223 e. The van der Waals surface area contributed by atoms with E-state index in [1.807, 2.05) is 0 Å². The molecule has 0 bridgehead atoms. The Morgan fingerprint density at radius 3 is 2.73 bits per heavy atom. The molecular formula is C9H15NO. The average molecular weight is 153 g/mol. The Labute approximate surface area is 68.6 Å². The number of hydrogen-bond acceptors (Lipinski definition) is 1. The summed E-state index contributed by atoms with van der Waals surface area (Å²) in [5.74, 6) is 2.57. The summed E-state index contributed by atoms with van der Waals surface area (Å²) in [6, 6.07) is 0. The number of carbonyl (C=O) groups excluding carboxylic acids is 1. The van der Waals surface area contributed by atoms with E-state index >= 15 is 0 Å². The highest BCUT2D eigenvalue weighted by molar-refractivity contribution is 5.76. The lowest BCUT2D eigenvalue weighted by atomic mass is 10.2. The van der Waals surface area contributed by atoms with Crippen molar-refractivity contribution in [2.75, 3.05) is 13.6 Å². The van der Waals surface area contributed by atoms with Gasteiger partial charge in [0.05, 0.1) is 6.54 Å². The van der Waals surface area contributed by atoms with E-state index in [0.29, 0.717) is 13.0 Å². The maximum absolute atomic E-state index is 11.1. The molecule has 0 aromatic rings. The summed E-state index contributed by atoms with van der Waals surface area (Å²) in [5.41, 5.74) is 0. The molecule has 62 valence electrons. The molecule has 0 aliphatic carbocycles. The van der Waals surface area contributed by atoms with E-state index in [9.17, 15) is 4.79 Å². The third-order valence-electron chi connectivity index (χ3n) is 1.50. The van der Waals surface area contributed by atoms with Gasteiger partial charge in [-0.1, -0.05) is 19.3 Å². The number of unbranched alkanes of at least 4 members (excludes halogenated alkanes) is 1. The molecule has 0 aliphatic rings. The van der Waals surface area contributed by atoms with Gasteiger partial charge in [0.25, 0.3) is 0 Å². The molecule has 0 fully saturated rings. The van der Waals surface area contributed by atoms with Gasteiger partial charge in [-0.2, -0.15) is 0 Å². The number of hydrogen-bond donors (Lipinski definition) is 0. The zero-order chi connectivity index (χ0) is 8.69. The van der Waals surface area contributed by atoms with Crippen LogP contribution in [0.25, 0.3) is 0 Å². The summed E-state index contributed by atoms with van der Waals surface area (Å²) in [6.45, 7) is 2.48. The molecule has 2 nitrogen and oxygen atoms in total. The summed E-state index contributed by atoms with van der Waals surface area (Å²) < 4.78 is 0. The number of amides is 1. The molecule has 11 heavy (non-hydrogen) atoms. The van der Waals surface area contributed by atoms with E-state index in [1.54, 1.807) is 11.9 Å². The number of terminal acetylenes is 1. The monoisotopic (exact) mass is 153 g/mol. The van der Waals surface area contributed by atoms with E-state index in [4.69, 9.17) is 6.42 Å². The molecule has 2 heteroatoms. The van der Waals surface area contributed by atoms with E-state index in [0.717, 1.165) is 12.8 Å². The van der Waals surface area contributed by atoms with Crippen molar-refractivity contribution in [1.82, 2.24) is 4.90 Å². The zero-order valence-corrected chi connectivity index (χ0v) is 7.26. The van der Waals surface area contributed by atoms with Crippen LogP contribution in [0.4, 0.5) is 0 Å². The van der Waals surface area contributed by atoms with Gasteiger partial charge < -0.3 is 4.90 Å². The Kier molecular flexibility index (Phi) is 5.28. The lowest BCUT2D eigenvalue weighted by Gasteiger charge is -2.12. The van der Waals surface area contributed by atoms with Crippen LogP contribution in [0.1, 0.15) is 26.2 Å². The first-order valence-electron chi connectivity index (χ1n) is 3.89. The highest BCUT2D eigenvalue weighted by atomic mass is 16.2. The number of carbonyl (C=O) groups is 1. The minimum Gasteiger partial charge on any atom is -0.335 e. The number of rotatable bonds is 4. The maximum Gasteiger partial charge on any atom is 0.223 e. The van der Waals surface area contributed by atoms with Crippen molar-refractivity contribution in [3.63, 3.8) is 0 Å². The van der Waals surface area contributed by atoms with E-state index < -0.39 is 0 Å². The van der Waals surface area contributed by atoms with Crippen molar-refractivity contribution in [2.24, 2.45) is 0 Å². The van der Waals surface area contributed by atoms with Gasteiger partial charge in [0.2, 0.25) is 5.91 Å². The molecular weight excluding hydrogens is 138 g/mol. The average Bonchev–Trinajstić information content (AvgIpc) is 2.00. The van der Waals surface area contributed by atoms with Gasteiger partial charge in [-0.05, 0) is 6.42 Å². The Hall–Kier alpha value is -0.970. The zero-order valence-electron chi connectivity index (χ0n) is 7.26. The fourth-order valence-electron chi connectivity index (χ4n) is 0.744. The molecule has 0 saturated carbocycles. The molecule has 0 radical (unpaired) electrons. The predicted octanol–water partition coefficient (Wildman–Crippen LogP) is 1.27. The topological polar surface area (TPSA) is 20.3 Å². The quantitative estimate of drug-likeness (QED) is 0.557. The van der Waals surface area contributed by atoms with Crippen LogP contribution >= 0.6 is 0 Å². The fraction of sp³-hybridized carbons (Fsp3) is 0.667. The second-order valence-electron chi connectivity index (χ2n) is 2.56. The predicted molar refractivity (Wildman–Crippen MR) is 46.0 cm³/mol. The molecule has 0 rings (SSSR count). The minimum atomic E-state index is 0.143. The SMILES string of the molecule is C#CCN(C)C(=O)CCCC. The molecule has 0 saturated heterocycles. The normalized spacial score (nSPS) is 8.82. The summed E-state index contributed by atoms with van der Waals surface area (Å²) in [4.78, 5) is 12.7. The highest BCUT2D eigenvalue weighted by Crippen LogP contribution is 1.97. The Balaban J connectivity index is 3.57. The first kappa shape index (κ1) is 10.0. The minimum absolute atomic E-state index is 0.143. The third-order valence-corrected chi connectivity index (χ3v) is 1.50.